The molecule has 0 bridgehead atoms. The van der Waals surface area contributed by atoms with E-state index in [1.807, 2.05) is 6.92 Å². The molecule has 1 aliphatic rings. The third-order valence-corrected chi connectivity index (χ3v) is 5.57. The first-order chi connectivity index (χ1) is 9.39. The zero-order chi connectivity index (χ0) is 14.8. The number of aromatic amines is 1. The van der Waals surface area contributed by atoms with Gasteiger partial charge in [0.2, 0.25) is 0 Å². The molecule has 0 atom stereocenters. The van der Waals surface area contributed by atoms with E-state index >= 15 is 0 Å². The van der Waals surface area contributed by atoms with E-state index in [0.717, 1.165) is 19.3 Å². The fourth-order valence-corrected chi connectivity index (χ4v) is 4.23. The van der Waals surface area contributed by atoms with Gasteiger partial charge < -0.3 is 10.7 Å². The number of H-pyrrole nitrogens is 1. The molecule has 0 spiro atoms. The van der Waals surface area contributed by atoms with Crippen LogP contribution in [-0.2, 0) is 16.4 Å². The summed E-state index contributed by atoms with van der Waals surface area (Å²) in [5, 5.41) is 0.0653. The number of aromatic nitrogens is 2. The molecule has 0 radical (unpaired) electrons. The molecule has 0 saturated heterocycles. The van der Waals surface area contributed by atoms with Crippen LogP contribution in [0.25, 0.3) is 0 Å². The van der Waals surface area contributed by atoms with Crippen molar-refractivity contribution in [2.24, 2.45) is 5.73 Å². The van der Waals surface area contributed by atoms with Crippen molar-refractivity contribution in [2.45, 2.75) is 56.0 Å². The molecule has 2 rings (SSSR count). The molecule has 1 aliphatic carbocycles. The average Bonchev–Trinajstić information content (AvgIpc) is 2.88. The summed E-state index contributed by atoms with van der Waals surface area (Å²) < 4.78 is 27.6. The first kappa shape index (κ1) is 15.4. The summed E-state index contributed by atoms with van der Waals surface area (Å²) in [7, 11) is -3.69. The van der Waals surface area contributed by atoms with Crippen LogP contribution in [-0.4, -0.2) is 28.9 Å². The molecule has 1 aromatic rings. The number of thiocarbonyl (C=S) groups is 1. The number of sulfonamides is 1. The predicted molar refractivity (Wildman–Crippen MR) is 80.9 cm³/mol. The molecule has 112 valence electrons. The summed E-state index contributed by atoms with van der Waals surface area (Å²) in [5.41, 5.74) is 5.00. The highest BCUT2D eigenvalue weighted by Gasteiger charge is 2.39. The molecule has 1 aromatic heterocycles. The van der Waals surface area contributed by atoms with Crippen LogP contribution in [0.15, 0.2) is 11.2 Å². The Balaban J connectivity index is 2.27. The summed E-state index contributed by atoms with van der Waals surface area (Å²) >= 11 is 5.10. The number of nitrogens with zero attached hydrogens (tertiary/aromatic N) is 1. The lowest BCUT2D eigenvalue weighted by Gasteiger charge is -2.36. The lowest BCUT2D eigenvalue weighted by molar-refractivity contribution is 0.353. The lowest BCUT2D eigenvalue weighted by atomic mass is 9.82. The van der Waals surface area contributed by atoms with Crippen LogP contribution in [0, 0.1) is 0 Å². The SMILES string of the molecule is CCc1ncc(S(=O)(=O)NC2(C(N)=S)CCCCC2)[nH]1. The van der Waals surface area contributed by atoms with E-state index in [2.05, 4.69) is 14.7 Å². The van der Waals surface area contributed by atoms with Crippen molar-refractivity contribution in [1.29, 1.82) is 0 Å². The standard InChI is InChI=1S/C12H20N4O2S2/c1-2-9-14-8-10(15-9)20(17,18)16-12(11(13)19)6-4-3-5-7-12/h8,16H,2-7H2,1H3,(H2,13,19)(H,14,15). The molecule has 1 fully saturated rings. The summed E-state index contributed by atoms with van der Waals surface area (Å²) in [5.74, 6) is 0.637. The molecule has 1 heterocycles. The first-order valence-electron chi connectivity index (χ1n) is 6.77. The molecule has 8 heteroatoms. The van der Waals surface area contributed by atoms with Crippen LogP contribution in [0.5, 0.6) is 0 Å². The van der Waals surface area contributed by atoms with Gasteiger partial charge in [-0.15, -0.1) is 0 Å². The Bertz CT molecular complexity index is 588. The molecular formula is C12H20N4O2S2. The van der Waals surface area contributed by atoms with E-state index in [0.29, 0.717) is 25.1 Å². The molecule has 0 aromatic carbocycles. The van der Waals surface area contributed by atoms with Crippen LogP contribution in [0.4, 0.5) is 0 Å². The predicted octanol–water partition coefficient (Wildman–Crippen LogP) is 1.24. The van der Waals surface area contributed by atoms with Crippen molar-refractivity contribution < 1.29 is 8.42 Å². The van der Waals surface area contributed by atoms with Gasteiger partial charge in [-0.05, 0) is 12.8 Å². The normalized spacial score (nSPS) is 18.9. The minimum absolute atomic E-state index is 0.0653. The van der Waals surface area contributed by atoms with Crippen LogP contribution < -0.4 is 10.5 Å². The minimum atomic E-state index is -3.69. The zero-order valence-electron chi connectivity index (χ0n) is 11.5. The number of rotatable bonds is 5. The second kappa shape index (κ2) is 5.79. The van der Waals surface area contributed by atoms with Crippen LogP contribution in [0.1, 0.15) is 44.9 Å². The second-order valence-electron chi connectivity index (χ2n) is 5.16. The van der Waals surface area contributed by atoms with E-state index in [1.165, 1.54) is 6.20 Å². The zero-order valence-corrected chi connectivity index (χ0v) is 13.1. The largest absolute Gasteiger partial charge is 0.392 e. The van der Waals surface area contributed by atoms with Gasteiger partial charge >= 0.3 is 0 Å². The Morgan fingerprint density at radius 1 is 1.50 bits per heavy atom. The Morgan fingerprint density at radius 3 is 2.65 bits per heavy atom. The summed E-state index contributed by atoms with van der Waals surface area (Å²) in [6.07, 6.45) is 6.20. The van der Waals surface area contributed by atoms with Crippen molar-refractivity contribution in [3.63, 3.8) is 0 Å². The van der Waals surface area contributed by atoms with Crippen molar-refractivity contribution in [2.75, 3.05) is 0 Å². The maximum Gasteiger partial charge on any atom is 0.258 e. The highest BCUT2D eigenvalue weighted by Crippen LogP contribution is 2.30. The number of hydrogen-bond acceptors (Lipinski definition) is 4. The lowest BCUT2D eigenvalue weighted by Crippen LogP contribution is -2.57. The van der Waals surface area contributed by atoms with Crippen molar-refractivity contribution in [3.05, 3.63) is 12.0 Å². The van der Waals surface area contributed by atoms with E-state index in [9.17, 15) is 8.42 Å². The molecule has 6 nitrogen and oxygen atoms in total. The Hall–Kier alpha value is -0.990. The fourth-order valence-electron chi connectivity index (χ4n) is 2.53. The van der Waals surface area contributed by atoms with E-state index in [1.54, 1.807) is 0 Å². The Labute approximate surface area is 124 Å². The number of nitrogens with two attached hydrogens (primary N) is 1. The topological polar surface area (TPSA) is 101 Å². The van der Waals surface area contributed by atoms with Gasteiger partial charge in [-0.1, -0.05) is 38.4 Å². The van der Waals surface area contributed by atoms with E-state index in [-0.39, 0.29) is 10.0 Å². The van der Waals surface area contributed by atoms with Gasteiger partial charge in [-0.2, -0.15) is 4.72 Å². The summed E-state index contributed by atoms with van der Waals surface area (Å²) in [6, 6.07) is 0. The third-order valence-electron chi connectivity index (χ3n) is 3.74. The second-order valence-corrected chi connectivity index (χ2v) is 7.25. The van der Waals surface area contributed by atoms with Gasteiger partial charge in [0.15, 0.2) is 5.03 Å². The maximum atomic E-state index is 12.4. The fraction of sp³-hybridized carbons (Fsp3) is 0.667. The monoisotopic (exact) mass is 316 g/mol. The summed E-state index contributed by atoms with van der Waals surface area (Å²) in [4.78, 5) is 7.04. The van der Waals surface area contributed by atoms with E-state index in [4.69, 9.17) is 18.0 Å². The Morgan fingerprint density at radius 2 is 2.15 bits per heavy atom. The number of imidazole rings is 1. The van der Waals surface area contributed by atoms with Crippen LogP contribution in [0.3, 0.4) is 0 Å². The van der Waals surface area contributed by atoms with E-state index < -0.39 is 15.6 Å². The van der Waals surface area contributed by atoms with Crippen LogP contribution >= 0.6 is 12.2 Å². The average molecular weight is 316 g/mol. The number of hydrogen-bond donors (Lipinski definition) is 3. The van der Waals surface area contributed by atoms with Crippen molar-refractivity contribution >= 4 is 27.2 Å². The van der Waals surface area contributed by atoms with Gasteiger partial charge in [0.1, 0.15) is 5.82 Å². The number of nitrogens with one attached hydrogen (secondary N) is 2. The van der Waals surface area contributed by atoms with Crippen molar-refractivity contribution in [3.8, 4) is 0 Å². The quantitative estimate of drug-likeness (QED) is 0.710. The molecule has 0 aliphatic heterocycles. The first-order valence-corrected chi connectivity index (χ1v) is 8.66. The molecule has 0 unspecified atom stereocenters. The highest BCUT2D eigenvalue weighted by atomic mass is 32.2. The van der Waals surface area contributed by atoms with Crippen LogP contribution in [0.2, 0.25) is 0 Å². The highest BCUT2D eigenvalue weighted by molar-refractivity contribution is 7.89. The number of aryl methyl sites for hydroxylation is 1. The smallest absolute Gasteiger partial charge is 0.258 e. The molecular weight excluding hydrogens is 296 g/mol. The molecule has 1 saturated carbocycles. The van der Waals surface area contributed by atoms with Gasteiger partial charge in [0.05, 0.1) is 16.7 Å². The third kappa shape index (κ3) is 3.02. The molecule has 20 heavy (non-hydrogen) atoms. The molecule has 4 N–H and O–H groups in total. The summed E-state index contributed by atoms with van der Waals surface area (Å²) in [6.45, 7) is 1.90. The van der Waals surface area contributed by atoms with Crippen molar-refractivity contribution in [1.82, 2.24) is 14.7 Å². The van der Waals surface area contributed by atoms with Gasteiger partial charge in [-0.25, -0.2) is 13.4 Å². The van der Waals surface area contributed by atoms with Gasteiger partial charge in [-0.3, -0.25) is 0 Å². The Kier molecular flexibility index (Phi) is 4.46. The van der Waals surface area contributed by atoms with Gasteiger partial charge in [0, 0.05) is 6.42 Å². The maximum absolute atomic E-state index is 12.4. The van der Waals surface area contributed by atoms with Gasteiger partial charge in [0.25, 0.3) is 10.0 Å². The minimum Gasteiger partial charge on any atom is -0.392 e. The molecule has 0 amide bonds.